The molecular weight excluding hydrogens is 240 g/mol. The van der Waals surface area contributed by atoms with E-state index in [9.17, 15) is 13.9 Å². The molecule has 0 saturated carbocycles. The first-order valence-corrected chi connectivity index (χ1v) is 5.33. The third-order valence-corrected chi connectivity index (χ3v) is 2.31. The van der Waals surface area contributed by atoms with Crippen LogP contribution in [-0.4, -0.2) is 10.1 Å². The van der Waals surface area contributed by atoms with Crippen LogP contribution in [0.15, 0.2) is 36.5 Å². The summed E-state index contributed by atoms with van der Waals surface area (Å²) in [4.78, 5) is 3.97. The fourth-order valence-electron chi connectivity index (χ4n) is 1.38. The first-order valence-electron chi connectivity index (χ1n) is 5.33. The first kappa shape index (κ1) is 12.4. The van der Waals surface area contributed by atoms with Crippen molar-refractivity contribution < 1.29 is 18.6 Å². The van der Waals surface area contributed by atoms with Gasteiger partial charge in [-0.2, -0.15) is 0 Å². The number of ether oxygens (including phenoxy) is 1. The summed E-state index contributed by atoms with van der Waals surface area (Å²) >= 11 is 0. The van der Waals surface area contributed by atoms with E-state index in [2.05, 4.69) is 4.98 Å². The summed E-state index contributed by atoms with van der Waals surface area (Å²) in [7, 11) is 0. The Hall–Kier alpha value is -2.01. The van der Waals surface area contributed by atoms with Gasteiger partial charge in [-0.1, -0.05) is 0 Å². The van der Waals surface area contributed by atoms with E-state index in [1.54, 1.807) is 19.1 Å². The second-order valence-corrected chi connectivity index (χ2v) is 3.77. The van der Waals surface area contributed by atoms with E-state index in [4.69, 9.17) is 4.74 Å². The van der Waals surface area contributed by atoms with E-state index in [-0.39, 0.29) is 5.75 Å². The van der Waals surface area contributed by atoms with Crippen LogP contribution in [0, 0.1) is 11.6 Å². The highest BCUT2D eigenvalue weighted by Crippen LogP contribution is 2.23. The minimum absolute atomic E-state index is 0.181. The average Bonchev–Trinajstić information content (AvgIpc) is 2.34. The molecule has 2 aromatic rings. The van der Waals surface area contributed by atoms with Gasteiger partial charge in [0, 0.05) is 6.07 Å². The maximum atomic E-state index is 12.9. The molecule has 0 spiro atoms. The minimum atomic E-state index is -0.971. The zero-order chi connectivity index (χ0) is 13.1. The van der Waals surface area contributed by atoms with Crippen LogP contribution in [-0.2, 0) is 0 Å². The van der Waals surface area contributed by atoms with Gasteiger partial charge in [0.15, 0.2) is 11.6 Å². The van der Waals surface area contributed by atoms with E-state index in [0.29, 0.717) is 11.4 Å². The van der Waals surface area contributed by atoms with Gasteiger partial charge in [0.2, 0.25) is 0 Å². The third-order valence-electron chi connectivity index (χ3n) is 2.31. The number of rotatable bonds is 3. The Balaban J connectivity index is 2.15. The van der Waals surface area contributed by atoms with E-state index in [1.165, 1.54) is 12.3 Å². The summed E-state index contributed by atoms with van der Waals surface area (Å²) in [6, 6.07) is 6.46. The van der Waals surface area contributed by atoms with Crippen molar-refractivity contribution in [2.45, 2.75) is 13.0 Å². The van der Waals surface area contributed by atoms with Crippen molar-refractivity contribution in [1.82, 2.24) is 4.98 Å². The SMILES string of the molecule is CC(O)c1ccc(Oc2ccc(F)c(F)c2)cn1. The Morgan fingerprint density at radius 1 is 1.11 bits per heavy atom. The smallest absolute Gasteiger partial charge is 0.162 e. The highest BCUT2D eigenvalue weighted by molar-refractivity contribution is 5.30. The van der Waals surface area contributed by atoms with Crippen molar-refractivity contribution in [1.29, 1.82) is 0 Å². The molecule has 1 unspecified atom stereocenters. The molecule has 0 saturated heterocycles. The zero-order valence-electron chi connectivity index (χ0n) is 9.60. The van der Waals surface area contributed by atoms with E-state index in [0.717, 1.165) is 12.1 Å². The molecule has 94 valence electrons. The highest BCUT2D eigenvalue weighted by Gasteiger charge is 2.06. The topological polar surface area (TPSA) is 42.4 Å². The molecule has 0 aliphatic rings. The molecule has 0 amide bonds. The lowest BCUT2D eigenvalue weighted by Gasteiger charge is -2.07. The van der Waals surface area contributed by atoms with E-state index in [1.807, 2.05) is 0 Å². The molecule has 0 aliphatic heterocycles. The summed E-state index contributed by atoms with van der Waals surface area (Å²) in [5.74, 6) is -1.34. The number of hydrogen-bond donors (Lipinski definition) is 1. The molecule has 1 aromatic carbocycles. The summed E-state index contributed by atoms with van der Waals surface area (Å²) in [5.41, 5.74) is 0.507. The van der Waals surface area contributed by atoms with Crippen molar-refractivity contribution in [3.8, 4) is 11.5 Å². The van der Waals surface area contributed by atoms with Crippen molar-refractivity contribution in [2.24, 2.45) is 0 Å². The van der Waals surface area contributed by atoms with Gasteiger partial charge in [-0.15, -0.1) is 0 Å². The average molecular weight is 251 g/mol. The molecular formula is C13H11F2NO2. The third kappa shape index (κ3) is 2.81. The number of pyridine rings is 1. The molecule has 0 bridgehead atoms. The molecule has 0 aliphatic carbocycles. The van der Waals surface area contributed by atoms with Crippen LogP contribution in [0.4, 0.5) is 8.78 Å². The Bertz CT molecular complexity index is 541. The second-order valence-electron chi connectivity index (χ2n) is 3.77. The predicted octanol–water partition coefficient (Wildman–Crippen LogP) is 3.21. The lowest BCUT2D eigenvalue weighted by atomic mass is 10.2. The van der Waals surface area contributed by atoms with Gasteiger partial charge < -0.3 is 9.84 Å². The molecule has 3 nitrogen and oxygen atoms in total. The molecule has 0 radical (unpaired) electrons. The molecule has 1 heterocycles. The Morgan fingerprint density at radius 2 is 1.83 bits per heavy atom. The number of halogens is 2. The molecule has 1 aromatic heterocycles. The summed E-state index contributed by atoms with van der Waals surface area (Å²) in [6.07, 6.45) is 0.742. The second kappa shape index (κ2) is 5.10. The number of benzene rings is 1. The van der Waals surface area contributed by atoms with Crippen molar-refractivity contribution in [3.05, 3.63) is 53.9 Å². The minimum Gasteiger partial charge on any atom is -0.456 e. The molecule has 0 fully saturated rings. The van der Waals surface area contributed by atoms with Crippen molar-refractivity contribution >= 4 is 0 Å². The molecule has 2 rings (SSSR count). The summed E-state index contributed by atoms with van der Waals surface area (Å²) in [6.45, 7) is 1.60. The molecule has 1 atom stereocenters. The van der Waals surface area contributed by atoms with Gasteiger partial charge in [0.05, 0.1) is 18.0 Å². The standard InChI is InChI=1S/C13H11F2NO2/c1-8(17)13-5-3-10(7-16-13)18-9-2-4-11(14)12(15)6-9/h2-8,17H,1H3. The Morgan fingerprint density at radius 3 is 2.39 bits per heavy atom. The van der Waals surface area contributed by atoms with Crippen LogP contribution in [0.5, 0.6) is 11.5 Å². The van der Waals surface area contributed by atoms with Crippen LogP contribution >= 0.6 is 0 Å². The quantitative estimate of drug-likeness (QED) is 0.910. The van der Waals surface area contributed by atoms with Gasteiger partial charge in [-0.25, -0.2) is 8.78 Å². The Kier molecular flexibility index (Phi) is 3.53. The molecule has 18 heavy (non-hydrogen) atoms. The van der Waals surface area contributed by atoms with Gasteiger partial charge in [-0.3, -0.25) is 4.98 Å². The van der Waals surface area contributed by atoms with Crippen molar-refractivity contribution in [2.75, 3.05) is 0 Å². The number of aliphatic hydroxyl groups is 1. The lowest BCUT2D eigenvalue weighted by Crippen LogP contribution is -1.95. The van der Waals surface area contributed by atoms with Gasteiger partial charge in [0.1, 0.15) is 11.5 Å². The monoisotopic (exact) mass is 251 g/mol. The maximum Gasteiger partial charge on any atom is 0.162 e. The molecule has 5 heteroatoms. The zero-order valence-corrected chi connectivity index (χ0v) is 9.60. The summed E-state index contributed by atoms with van der Waals surface area (Å²) < 4.78 is 31.0. The van der Waals surface area contributed by atoms with Crippen LogP contribution in [0.25, 0.3) is 0 Å². The van der Waals surface area contributed by atoms with Crippen LogP contribution in [0.3, 0.4) is 0 Å². The molecule has 1 N–H and O–H groups in total. The van der Waals surface area contributed by atoms with Crippen LogP contribution in [0.2, 0.25) is 0 Å². The lowest BCUT2D eigenvalue weighted by molar-refractivity contribution is 0.194. The summed E-state index contributed by atoms with van der Waals surface area (Å²) in [5, 5.41) is 9.28. The van der Waals surface area contributed by atoms with Crippen LogP contribution in [0.1, 0.15) is 18.7 Å². The first-order chi connectivity index (χ1) is 8.56. The van der Waals surface area contributed by atoms with Gasteiger partial charge in [0.25, 0.3) is 0 Å². The van der Waals surface area contributed by atoms with Crippen molar-refractivity contribution in [3.63, 3.8) is 0 Å². The number of aliphatic hydroxyl groups excluding tert-OH is 1. The fourth-order valence-corrected chi connectivity index (χ4v) is 1.38. The van der Waals surface area contributed by atoms with E-state index >= 15 is 0 Å². The normalized spacial score (nSPS) is 12.2. The largest absolute Gasteiger partial charge is 0.456 e. The van der Waals surface area contributed by atoms with Gasteiger partial charge in [-0.05, 0) is 31.2 Å². The Labute approximate surface area is 103 Å². The maximum absolute atomic E-state index is 12.9. The van der Waals surface area contributed by atoms with Crippen LogP contribution < -0.4 is 4.74 Å². The number of hydrogen-bond acceptors (Lipinski definition) is 3. The van der Waals surface area contributed by atoms with E-state index < -0.39 is 17.7 Å². The number of nitrogens with zero attached hydrogens (tertiary/aromatic N) is 1. The fraction of sp³-hybridized carbons (Fsp3) is 0.154. The van der Waals surface area contributed by atoms with Gasteiger partial charge >= 0.3 is 0 Å². The number of aromatic nitrogens is 1. The predicted molar refractivity (Wildman–Crippen MR) is 61.3 cm³/mol. The highest BCUT2D eigenvalue weighted by atomic mass is 19.2.